The van der Waals surface area contributed by atoms with Crippen molar-refractivity contribution in [2.45, 2.75) is 25.0 Å². The van der Waals surface area contributed by atoms with Crippen LogP contribution in [0.3, 0.4) is 0 Å². The minimum absolute atomic E-state index is 0.0964. The molecule has 0 aliphatic heterocycles. The van der Waals surface area contributed by atoms with E-state index in [1.54, 1.807) is 19.3 Å². The lowest BCUT2D eigenvalue weighted by molar-refractivity contribution is -0.132. The Bertz CT molecular complexity index is 232. The van der Waals surface area contributed by atoms with Gasteiger partial charge in [0.2, 0.25) is 0 Å². The van der Waals surface area contributed by atoms with Gasteiger partial charge in [-0.3, -0.25) is 0 Å². The molecule has 0 amide bonds. The second-order valence-corrected chi connectivity index (χ2v) is 4.19. The number of hydrogen-bond donors (Lipinski definition) is 2. The maximum Gasteiger partial charge on any atom is 0.147 e. The fourth-order valence-corrected chi connectivity index (χ4v) is 1.70. The third-order valence-corrected chi connectivity index (χ3v) is 2.79. The van der Waals surface area contributed by atoms with E-state index in [9.17, 15) is 10.2 Å². The maximum absolute atomic E-state index is 9.94. The molecule has 0 aliphatic rings. The molecule has 0 aromatic carbocycles. The van der Waals surface area contributed by atoms with Crippen molar-refractivity contribution in [1.82, 2.24) is 0 Å². The lowest BCUT2D eigenvalue weighted by Crippen LogP contribution is -2.36. The number of aliphatic hydroxyl groups is 2. The zero-order valence-electron chi connectivity index (χ0n) is 11.7. The van der Waals surface area contributed by atoms with E-state index in [4.69, 9.17) is 14.2 Å². The van der Waals surface area contributed by atoms with Crippen molar-refractivity contribution in [2.24, 2.45) is 5.92 Å². The van der Waals surface area contributed by atoms with Gasteiger partial charge in [0.05, 0.1) is 32.0 Å². The Morgan fingerprint density at radius 2 is 1.84 bits per heavy atom. The molecule has 2 N–H and O–H groups in total. The Balaban J connectivity index is 4.24. The second kappa shape index (κ2) is 12.3. The minimum atomic E-state index is -0.688. The Labute approximate surface area is 115 Å². The van der Waals surface area contributed by atoms with Gasteiger partial charge in [0.1, 0.15) is 6.79 Å². The fourth-order valence-electron chi connectivity index (χ4n) is 1.70. The topological polar surface area (TPSA) is 68.2 Å². The normalized spacial score (nSPS) is 15.7. The summed E-state index contributed by atoms with van der Waals surface area (Å²) < 4.78 is 15.6. The summed E-state index contributed by atoms with van der Waals surface area (Å²) in [6.07, 6.45) is 3.24. The molecule has 5 heteroatoms. The van der Waals surface area contributed by atoms with Crippen LogP contribution >= 0.6 is 0 Å². The predicted molar refractivity (Wildman–Crippen MR) is 73.8 cm³/mol. The molecule has 0 saturated heterocycles. The lowest BCUT2D eigenvalue weighted by Gasteiger charge is -2.28. The third-order valence-electron chi connectivity index (χ3n) is 2.79. The first-order valence-electron chi connectivity index (χ1n) is 6.40. The van der Waals surface area contributed by atoms with Gasteiger partial charge in [0.15, 0.2) is 0 Å². The molecule has 0 heterocycles. The first kappa shape index (κ1) is 18.3. The molecule has 19 heavy (non-hydrogen) atoms. The first-order chi connectivity index (χ1) is 9.21. The van der Waals surface area contributed by atoms with Crippen LogP contribution in [0.2, 0.25) is 0 Å². The SMILES string of the molecule is C=CC[C@H](OCOCCOC)[C@H](CO)[C@@H](O)CC=C. The summed E-state index contributed by atoms with van der Waals surface area (Å²) in [4.78, 5) is 0. The summed E-state index contributed by atoms with van der Waals surface area (Å²) in [5.74, 6) is -0.387. The largest absolute Gasteiger partial charge is 0.396 e. The number of ether oxygens (including phenoxy) is 3. The van der Waals surface area contributed by atoms with Gasteiger partial charge in [-0.05, 0) is 12.8 Å². The Kier molecular flexibility index (Phi) is 11.9. The van der Waals surface area contributed by atoms with E-state index in [0.717, 1.165) is 0 Å². The van der Waals surface area contributed by atoms with E-state index in [1.807, 2.05) is 0 Å². The van der Waals surface area contributed by atoms with Crippen molar-refractivity contribution in [1.29, 1.82) is 0 Å². The first-order valence-corrected chi connectivity index (χ1v) is 6.40. The van der Waals surface area contributed by atoms with E-state index < -0.39 is 6.10 Å². The van der Waals surface area contributed by atoms with Gasteiger partial charge in [0, 0.05) is 13.0 Å². The van der Waals surface area contributed by atoms with Crippen LogP contribution in [0.25, 0.3) is 0 Å². The van der Waals surface area contributed by atoms with Crippen LogP contribution in [0.1, 0.15) is 12.8 Å². The highest BCUT2D eigenvalue weighted by molar-refractivity contribution is 4.86. The molecule has 3 atom stereocenters. The Morgan fingerprint density at radius 1 is 1.16 bits per heavy atom. The van der Waals surface area contributed by atoms with Gasteiger partial charge in [-0.1, -0.05) is 12.2 Å². The van der Waals surface area contributed by atoms with Crippen LogP contribution in [0.4, 0.5) is 0 Å². The van der Waals surface area contributed by atoms with Gasteiger partial charge < -0.3 is 24.4 Å². The molecule has 0 rings (SSSR count). The van der Waals surface area contributed by atoms with Gasteiger partial charge in [-0.25, -0.2) is 0 Å². The van der Waals surface area contributed by atoms with Gasteiger partial charge in [-0.15, -0.1) is 13.2 Å². The van der Waals surface area contributed by atoms with Crippen molar-refractivity contribution in [2.75, 3.05) is 33.7 Å². The maximum atomic E-state index is 9.94. The summed E-state index contributed by atoms with van der Waals surface area (Å²) in [6, 6.07) is 0. The molecule has 0 aliphatic carbocycles. The monoisotopic (exact) mass is 274 g/mol. The molecule has 0 radical (unpaired) electrons. The summed E-state index contributed by atoms with van der Waals surface area (Å²) in [7, 11) is 1.60. The average Bonchev–Trinajstić information content (AvgIpc) is 2.39. The second-order valence-electron chi connectivity index (χ2n) is 4.19. The molecule has 0 spiro atoms. The lowest BCUT2D eigenvalue weighted by atomic mass is 9.92. The molecule has 112 valence electrons. The van der Waals surface area contributed by atoms with Crippen molar-refractivity contribution < 1.29 is 24.4 Å². The van der Waals surface area contributed by atoms with E-state index in [0.29, 0.717) is 26.1 Å². The summed E-state index contributed by atoms with van der Waals surface area (Å²) in [6.45, 7) is 8.11. The zero-order chi connectivity index (χ0) is 14.5. The number of aliphatic hydroxyl groups excluding tert-OH is 2. The molecule has 0 fully saturated rings. The van der Waals surface area contributed by atoms with Gasteiger partial charge in [-0.2, -0.15) is 0 Å². The Morgan fingerprint density at radius 3 is 2.37 bits per heavy atom. The van der Waals surface area contributed by atoms with E-state index >= 15 is 0 Å². The van der Waals surface area contributed by atoms with Crippen LogP contribution in [0.5, 0.6) is 0 Å². The highest BCUT2D eigenvalue weighted by Gasteiger charge is 2.27. The van der Waals surface area contributed by atoms with Gasteiger partial charge >= 0.3 is 0 Å². The third kappa shape index (κ3) is 8.13. The minimum Gasteiger partial charge on any atom is -0.396 e. The van der Waals surface area contributed by atoms with Crippen LogP contribution < -0.4 is 0 Å². The average molecular weight is 274 g/mol. The molecule has 0 unspecified atom stereocenters. The zero-order valence-corrected chi connectivity index (χ0v) is 11.7. The number of rotatable bonds is 13. The number of hydrogen-bond acceptors (Lipinski definition) is 5. The summed E-state index contributed by atoms with van der Waals surface area (Å²) >= 11 is 0. The number of methoxy groups -OCH3 is 1. The molecule has 0 aromatic heterocycles. The van der Waals surface area contributed by atoms with E-state index in [1.165, 1.54) is 0 Å². The predicted octanol–water partition coefficient (Wildman–Crippen LogP) is 1.11. The summed E-state index contributed by atoms with van der Waals surface area (Å²) in [5.41, 5.74) is 0. The van der Waals surface area contributed by atoms with Crippen molar-refractivity contribution in [3.05, 3.63) is 25.3 Å². The van der Waals surface area contributed by atoms with Crippen molar-refractivity contribution in [3.63, 3.8) is 0 Å². The van der Waals surface area contributed by atoms with E-state index in [-0.39, 0.29) is 25.4 Å². The van der Waals surface area contributed by atoms with Crippen molar-refractivity contribution >= 4 is 0 Å². The summed E-state index contributed by atoms with van der Waals surface area (Å²) in [5, 5.41) is 19.3. The standard InChI is InChI=1S/C14H26O5/c1-4-6-13(16)12(10-15)14(7-5-2)19-11-18-9-8-17-3/h4-5,12-16H,1-2,6-11H2,3H3/t12-,13+,14+/m1/s1. The molecule has 5 nitrogen and oxygen atoms in total. The molecule has 0 bridgehead atoms. The molecular weight excluding hydrogens is 248 g/mol. The fraction of sp³-hybridized carbons (Fsp3) is 0.714. The van der Waals surface area contributed by atoms with E-state index in [2.05, 4.69) is 13.2 Å². The van der Waals surface area contributed by atoms with Crippen molar-refractivity contribution in [3.8, 4) is 0 Å². The van der Waals surface area contributed by atoms with Crippen LogP contribution in [-0.2, 0) is 14.2 Å². The molecule has 0 saturated carbocycles. The Hall–Kier alpha value is -0.720. The van der Waals surface area contributed by atoms with Crippen LogP contribution in [-0.4, -0.2) is 56.1 Å². The highest BCUT2D eigenvalue weighted by atomic mass is 16.7. The molecule has 0 aromatic rings. The quantitative estimate of drug-likeness (QED) is 0.299. The molecular formula is C14H26O5. The smallest absolute Gasteiger partial charge is 0.147 e. The van der Waals surface area contributed by atoms with Gasteiger partial charge in [0.25, 0.3) is 0 Å². The van der Waals surface area contributed by atoms with Crippen LogP contribution in [0, 0.1) is 5.92 Å². The highest BCUT2D eigenvalue weighted by Crippen LogP contribution is 2.19. The van der Waals surface area contributed by atoms with Crippen LogP contribution in [0.15, 0.2) is 25.3 Å².